The molecule has 0 fully saturated rings. The molecular weight excluding hydrogens is 448 g/mol. The van der Waals surface area contributed by atoms with E-state index in [-0.39, 0.29) is 43.3 Å². The standard InChI is InChI=1S/C23H30N4O5.ClH/c1-4-31-19-7-5-6-8-20(19)32-17-14-22(29)27(15-17)18(13-16(2)3)23(30)24-21-9-10-26(25-21)11-12-28;/h5-10,14,16,18,28H,4,11-13,15H2,1-3H3,(H,24,25,30);1H/t18-;/m0./s1. The Labute approximate surface area is 199 Å². The zero-order valence-electron chi connectivity index (χ0n) is 19.1. The second-order valence-electron chi connectivity index (χ2n) is 7.88. The second-order valence-corrected chi connectivity index (χ2v) is 7.88. The van der Waals surface area contributed by atoms with Gasteiger partial charge in [-0.25, -0.2) is 0 Å². The first-order valence-electron chi connectivity index (χ1n) is 10.8. The lowest BCUT2D eigenvalue weighted by molar-refractivity contribution is -0.133. The number of aliphatic hydroxyl groups excluding tert-OH is 1. The zero-order valence-corrected chi connectivity index (χ0v) is 19.9. The number of nitrogens with zero attached hydrogens (tertiary/aromatic N) is 3. The second kappa shape index (κ2) is 12.3. The number of carbonyl (C=O) groups is 2. The summed E-state index contributed by atoms with van der Waals surface area (Å²) in [6.07, 6.45) is 3.58. The van der Waals surface area contributed by atoms with Crippen molar-refractivity contribution in [2.24, 2.45) is 5.92 Å². The molecule has 1 aromatic heterocycles. The predicted molar refractivity (Wildman–Crippen MR) is 126 cm³/mol. The summed E-state index contributed by atoms with van der Waals surface area (Å²) in [6, 6.07) is 8.24. The third-order valence-corrected chi connectivity index (χ3v) is 4.88. The molecular formula is C23H31ClN4O5. The SMILES string of the molecule is CCOc1ccccc1OC1=CC(=O)N([C@@H](CC(C)C)C(=O)Nc2ccn(CCO)n2)C1.Cl. The van der Waals surface area contributed by atoms with Crippen LogP contribution in [0.2, 0.25) is 0 Å². The van der Waals surface area contributed by atoms with Crippen LogP contribution in [0.5, 0.6) is 11.5 Å². The van der Waals surface area contributed by atoms with E-state index in [0.717, 1.165) is 0 Å². The van der Waals surface area contributed by atoms with E-state index in [0.29, 0.717) is 42.6 Å². The summed E-state index contributed by atoms with van der Waals surface area (Å²) in [5, 5.41) is 16.0. The lowest BCUT2D eigenvalue weighted by atomic mass is 10.0. The number of rotatable bonds is 11. The van der Waals surface area contributed by atoms with Gasteiger partial charge in [-0.05, 0) is 31.4 Å². The number of hydrogen-bond acceptors (Lipinski definition) is 6. The fourth-order valence-electron chi connectivity index (χ4n) is 3.48. The molecule has 0 saturated heterocycles. The molecule has 2 heterocycles. The highest BCUT2D eigenvalue weighted by atomic mass is 35.5. The van der Waals surface area contributed by atoms with E-state index in [1.165, 1.54) is 15.7 Å². The van der Waals surface area contributed by atoms with E-state index in [2.05, 4.69) is 10.4 Å². The molecule has 1 aromatic carbocycles. The molecule has 180 valence electrons. The molecule has 1 aliphatic rings. The fraction of sp³-hybridized carbons (Fsp3) is 0.435. The van der Waals surface area contributed by atoms with Gasteiger partial charge >= 0.3 is 0 Å². The van der Waals surface area contributed by atoms with E-state index < -0.39 is 6.04 Å². The molecule has 0 unspecified atom stereocenters. The highest BCUT2D eigenvalue weighted by molar-refractivity contribution is 5.99. The molecule has 2 N–H and O–H groups in total. The van der Waals surface area contributed by atoms with Gasteiger partial charge in [-0.3, -0.25) is 14.3 Å². The molecule has 1 atom stereocenters. The van der Waals surface area contributed by atoms with E-state index in [1.54, 1.807) is 24.4 Å². The van der Waals surface area contributed by atoms with Crippen LogP contribution in [0.4, 0.5) is 5.82 Å². The molecule has 0 spiro atoms. The molecule has 1 aliphatic heterocycles. The van der Waals surface area contributed by atoms with Crippen molar-refractivity contribution in [3.8, 4) is 11.5 Å². The number of aromatic nitrogens is 2. The van der Waals surface area contributed by atoms with Crippen molar-refractivity contribution in [3.63, 3.8) is 0 Å². The van der Waals surface area contributed by atoms with Crippen LogP contribution in [0, 0.1) is 5.92 Å². The summed E-state index contributed by atoms with van der Waals surface area (Å²) in [5.74, 6) is 1.54. The van der Waals surface area contributed by atoms with Gasteiger partial charge in [-0.2, -0.15) is 5.10 Å². The smallest absolute Gasteiger partial charge is 0.251 e. The van der Waals surface area contributed by atoms with Crippen molar-refractivity contribution in [1.82, 2.24) is 14.7 Å². The van der Waals surface area contributed by atoms with Crippen molar-refractivity contribution in [1.29, 1.82) is 0 Å². The van der Waals surface area contributed by atoms with Gasteiger partial charge in [0.05, 0.1) is 26.3 Å². The van der Waals surface area contributed by atoms with Crippen LogP contribution in [-0.4, -0.2) is 57.4 Å². The number of anilines is 1. The van der Waals surface area contributed by atoms with Gasteiger partial charge in [0.2, 0.25) is 5.91 Å². The average Bonchev–Trinajstić information content (AvgIpc) is 3.34. The van der Waals surface area contributed by atoms with Gasteiger partial charge in [0.1, 0.15) is 11.8 Å². The van der Waals surface area contributed by atoms with Crippen LogP contribution in [0.1, 0.15) is 27.2 Å². The molecule has 2 aromatic rings. The highest BCUT2D eigenvalue weighted by Crippen LogP contribution is 2.30. The topological polar surface area (TPSA) is 106 Å². The summed E-state index contributed by atoms with van der Waals surface area (Å²) < 4.78 is 13.1. The van der Waals surface area contributed by atoms with Crippen LogP contribution in [0.3, 0.4) is 0 Å². The van der Waals surface area contributed by atoms with Crippen LogP contribution in [0.25, 0.3) is 0 Å². The molecule has 0 radical (unpaired) electrons. The number of hydrogen-bond donors (Lipinski definition) is 2. The Morgan fingerprint density at radius 1 is 1.24 bits per heavy atom. The Morgan fingerprint density at radius 2 is 1.97 bits per heavy atom. The van der Waals surface area contributed by atoms with Gasteiger partial charge in [-0.1, -0.05) is 26.0 Å². The summed E-state index contributed by atoms with van der Waals surface area (Å²) in [4.78, 5) is 27.3. The Bertz CT molecular complexity index is 975. The van der Waals surface area contributed by atoms with Crippen LogP contribution < -0.4 is 14.8 Å². The number of carbonyl (C=O) groups excluding carboxylic acids is 2. The zero-order chi connectivity index (χ0) is 23.1. The number of nitrogens with one attached hydrogen (secondary N) is 1. The maximum atomic E-state index is 13.1. The third kappa shape index (κ3) is 6.97. The van der Waals surface area contributed by atoms with E-state index in [1.807, 2.05) is 32.9 Å². The van der Waals surface area contributed by atoms with Gasteiger partial charge < -0.3 is 24.8 Å². The van der Waals surface area contributed by atoms with Crippen LogP contribution in [-0.2, 0) is 16.1 Å². The number of ether oxygens (including phenoxy) is 2. The normalized spacial score (nSPS) is 14.0. The minimum absolute atomic E-state index is 0. The summed E-state index contributed by atoms with van der Waals surface area (Å²) in [5.41, 5.74) is 0. The van der Waals surface area contributed by atoms with Gasteiger partial charge in [0.15, 0.2) is 17.3 Å². The Morgan fingerprint density at radius 3 is 2.64 bits per heavy atom. The third-order valence-electron chi connectivity index (χ3n) is 4.88. The van der Waals surface area contributed by atoms with E-state index in [9.17, 15) is 9.59 Å². The number of amides is 2. The maximum absolute atomic E-state index is 13.1. The molecule has 0 aliphatic carbocycles. The average molecular weight is 479 g/mol. The first-order valence-corrected chi connectivity index (χ1v) is 10.8. The highest BCUT2D eigenvalue weighted by Gasteiger charge is 2.35. The van der Waals surface area contributed by atoms with E-state index >= 15 is 0 Å². The van der Waals surface area contributed by atoms with E-state index in [4.69, 9.17) is 14.6 Å². The molecule has 0 bridgehead atoms. The minimum Gasteiger partial charge on any atom is -0.490 e. The molecule has 10 heteroatoms. The fourth-order valence-corrected chi connectivity index (χ4v) is 3.48. The van der Waals surface area contributed by atoms with Crippen molar-refractivity contribution in [2.75, 3.05) is 25.1 Å². The molecule has 33 heavy (non-hydrogen) atoms. The number of halogens is 1. The number of benzene rings is 1. The summed E-state index contributed by atoms with van der Waals surface area (Å²) in [7, 11) is 0. The molecule has 9 nitrogen and oxygen atoms in total. The first kappa shape index (κ1) is 26.2. The number of para-hydroxylation sites is 2. The molecule has 0 saturated carbocycles. The van der Waals surface area contributed by atoms with Crippen molar-refractivity contribution in [3.05, 3.63) is 48.4 Å². The predicted octanol–water partition coefficient (Wildman–Crippen LogP) is 2.85. The first-order chi connectivity index (χ1) is 15.4. The molecule has 3 rings (SSSR count). The van der Waals surface area contributed by atoms with Crippen LogP contribution >= 0.6 is 12.4 Å². The van der Waals surface area contributed by atoms with Gasteiger partial charge in [0.25, 0.3) is 5.91 Å². The lowest BCUT2D eigenvalue weighted by Gasteiger charge is -2.28. The van der Waals surface area contributed by atoms with Crippen molar-refractivity contribution < 1.29 is 24.2 Å². The Hall–Kier alpha value is -3.04. The van der Waals surface area contributed by atoms with Crippen LogP contribution in [0.15, 0.2) is 48.4 Å². The van der Waals surface area contributed by atoms with Crippen molar-refractivity contribution in [2.45, 2.75) is 39.8 Å². The lowest BCUT2D eigenvalue weighted by Crippen LogP contribution is -2.46. The van der Waals surface area contributed by atoms with Gasteiger partial charge in [-0.15, -0.1) is 12.4 Å². The maximum Gasteiger partial charge on any atom is 0.251 e. The largest absolute Gasteiger partial charge is 0.490 e. The quantitative estimate of drug-likeness (QED) is 0.514. The Balaban J connectivity index is 0.00000385. The minimum atomic E-state index is -0.676. The number of aliphatic hydroxyl groups is 1. The van der Waals surface area contributed by atoms with Crippen molar-refractivity contribution >= 4 is 30.0 Å². The van der Waals surface area contributed by atoms with Gasteiger partial charge in [0, 0.05) is 18.3 Å². The monoisotopic (exact) mass is 478 g/mol. The Kier molecular flexibility index (Phi) is 9.74. The summed E-state index contributed by atoms with van der Waals surface area (Å²) in [6.45, 7) is 6.86. The molecule has 2 amide bonds. The summed E-state index contributed by atoms with van der Waals surface area (Å²) >= 11 is 0.